The molecule has 0 bridgehead atoms. The van der Waals surface area contributed by atoms with Gasteiger partial charge in [0.2, 0.25) is 11.8 Å². The molecular formula is C14H21BrN4O2. The van der Waals surface area contributed by atoms with Crippen LogP contribution in [0.3, 0.4) is 0 Å². The lowest BCUT2D eigenvalue weighted by Crippen LogP contribution is -2.62. The Kier molecular flexibility index (Phi) is 4.15. The molecule has 0 spiro atoms. The van der Waals surface area contributed by atoms with Crippen LogP contribution in [-0.2, 0) is 23.2 Å². The van der Waals surface area contributed by atoms with E-state index in [-0.39, 0.29) is 23.8 Å². The number of aromatic nitrogens is 2. The fraction of sp³-hybridized carbons (Fsp3) is 0.643. The molecular weight excluding hydrogens is 336 g/mol. The van der Waals surface area contributed by atoms with Gasteiger partial charge in [-0.1, -0.05) is 20.8 Å². The van der Waals surface area contributed by atoms with Gasteiger partial charge in [0.05, 0.1) is 29.0 Å². The van der Waals surface area contributed by atoms with Crippen molar-refractivity contribution >= 4 is 27.7 Å². The van der Waals surface area contributed by atoms with Crippen LogP contribution in [0.2, 0.25) is 0 Å². The average molecular weight is 357 g/mol. The Balaban J connectivity index is 2.38. The second-order valence-electron chi connectivity index (χ2n) is 6.48. The summed E-state index contributed by atoms with van der Waals surface area (Å²) >= 11 is 3.51. The number of carbonyl (C=O) groups excluding carboxylic acids is 2. The van der Waals surface area contributed by atoms with Crippen LogP contribution in [0.4, 0.5) is 0 Å². The third kappa shape index (κ3) is 2.97. The van der Waals surface area contributed by atoms with Gasteiger partial charge < -0.3 is 10.2 Å². The number of hydrogen-bond donors (Lipinski definition) is 1. The molecule has 21 heavy (non-hydrogen) atoms. The first-order valence-electron chi connectivity index (χ1n) is 6.88. The summed E-state index contributed by atoms with van der Waals surface area (Å²) in [6.07, 6.45) is 0. The maximum absolute atomic E-state index is 12.3. The average Bonchev–Trinajstić information content (AvgIpc) is 2.58. The Labute approximate surface area is 133 Å². The molecule has 2 heterocycles. The minimum atomic E-state index is -0.485. The molecule has 1 aliphatic heterocycles. The highest BCUT2D eigenvalue weighted by atomic mass is 79.9. The van der Waals surface area contributed by atoms with E-state index in [1.54, 1.807) is 9.58 Å². The zero-order valence-electron chi connectivity index (χ0n) is 13.0. The molecule has 1 unspecified atom stereocenters. The van der Waals surface area contributed by atoms with E-state index in [1.807, 2.05) is 34.7 Å². The molecule has 2 amide bonds. The van der Waals surface area contributed by atoms with Crippen LogP contribution in [0.25, 0.3) is 0 Å². The summed E-state index contributed by atoms with van der Waals surface area (Å²) in [5.41, 5.74) is 1.43. The van der Waals surface area contributed by atoms with Gasteiger partial charge in [-0.05, 0) is 28.3 Å². The van der Waals surface area contributed by atoms with Crippen LogP contribution in [0.15, 0.2) is 4.47 Å². The first kappa shape index (κ1) is 16.0. The molecule has 1 aromatic rings. The normalized spacial score (nSPS) is 19.9. The molecule has 1 atom stereocenters. The largest absolute Gasteiger partial charge is 0.345 e. The van der Waals surface area contributed by atoms with Gasteiger partial charge in [0.25, 0.3) is 0 Å². The van der Waals surface area contributed by atoms with E-state index in [4.69, 9.17) is 0 Å². The fourth-order valence-electron chi connectivity index (χ4n) is 2.70. The number of halogens is 1. The molecule has 0 aromatic carbocycles. The maximum Gasteiger partial charge on any atom is 0.243 e. The summed E-state index contributed by atoms with van der Waals surface area (Å²) in [5, 5.41) is 7.01. The summed E-state index contributed by atoms with van der Waals surface area (Å²) in [6, 6.07) is -0.485. The highest BCUT2D eigenvalue weighted by molar-refractivity contribution is 9.10. The number of nitrogens with zero attached hydrogens (tertiary/aromatic N) is 3. The number of amides is 2. The second kappa shape index (κ2) is 5.44. The van der Waals surface area contributed by atoms with Crippen molar-refractivity contribution in [2.75, 3.05) is 6.54 Å². The Morgan fingerprint density at radius 1 is 1.38 bits per heavy atom. The van der Waals surface area contributed by atoms with Gasteiger partial charge in [0.15, 0.2) is 0 Å². The van der Waals surface area contributed by atoms with Gasteiger partial charge in [0.1, 0.15) is 6.04 Å². The lowest BCUT2D eigenvalue weighted by molar-refractivity contribution is -0.150. The number of rotatable bonds is 2. The number of nitrogens with one attached hydrogen (secondary N) is 1. The van der Waals surface area contributed by atoms with Crippen LogP contribution in [-0.4, -0.2) is 39.1 Å². The topological polar surface area (TPSA) is 67.2 Å². The molecule has 1 aromatic heterocycles. The van der Waals surface area contributed by atoms with Crippen LogP contribution in [0.5, 0.6) is 0 Å². The molecule has 0 saturated carbocycles. The Morgan fingerprint density at radius 2 is 2.00 bits per heavy atom. The lowest BCUT2D eigenvalue weighted by Gasteiger charge is -2.42. The fourth-order valence-corrected chi connectivity index (χ4v) is 3.16. The zero-order chi connectivity index (χ0) is 15.9. The first-order chi connectivity index (χ1) is 9.62. The Hall–Kier alpha value is -1.37. The summed E-state index contributed by atoms with van der Waals surface area (Å²) < 4.78 is 2.63. The van der Waals surface area contributed by atoms with Crippen molar-refractivity contribution in [2.45, 2.75) is 40.3 Å². The summed E-state index contributed by atoms with van der Waals surface area (Å²) in [7, 11) is 1.84. The smallest absolute Gasteiger partial charge is 0.243 e. The minimum absolute atomic E-state index is 0.0554. The standard InChI is InChI=1S/C14H21BrN4O2/c1-8-11(15)9(18(5)17-8)7-19-10(20)6-16-13(21)12(19)14(2,3)4/h12H,6-7H2,1-5H3,(H,16,21). The van der Waals surface area contributed by atoms with E-state index < -0.39 is 6.04 Å². The SMILES string of the molecule is Cc1nn(C)c(CN2C(=O)CNC(=O)C2C(C)(C)C)c1Br. The van der Waals surface area contributed by atoms with Crippen molar-refractivity contribution in [3.8, 4) is 0 Å². The van der Waals surface area contributed by atoms with Gasteiger partial charge in [0, 0.05) is 7.05 Å². The number of hydrogen-bond acceptors (Lipinski definition) is 3. The van der Waals surface area contributed by atoms with Crippen LogP contribution in [0, 0.1) is 12.3 Å². The highest BCUT2D eigenvalue weighted by Crippen LogP contribution is 2.30. The molecule has 1 saturated heterocycles. The predicted molar refractivity (Wildman–Crippen MR) is 82.4 cm³/mol. The first-order valence-corrected chi connectivity index (χ1v) is 7.67. The number of aryl methyl sites for hydroxylation is 2. The van der Waals surface area contributed by atoms with E-state index in [0.717, 1.165) is 15.9 Å². The quantitative estimate of drug-likeness (QED) is 0.869. The second-order valence-corrected chi connectivity index (χ2v) is 7.27. The van der Waals surface area contributed by atoms with Crippen LogP contribution < -0.4 is 5.32 Å². The van der Waals surface area contributed by atoms with Gasteiger partial charge in [-0.25, -0.2) is 0 Å². The molecule has 1 N–H and O–H groups in total. The zero-order valence-corrected chi connectivity index (χ0v) is 14.6. The van der Waals surface area contributed by atoms with Crippen LogP contribution in [0.1, 0.15) is 32.2 Å². The van der Waals surface area contributed by atoms with Crippen molar-refractivity contribution in [3.05, 3.63) is 15.9 Å². The van der Waals surface area contributed by atoms with Crippen molar-refractivity contribution in [1.29, 1.82) is 0 Å². The number of carbonyl (C=O) groups is 2. The predicted octanol–water partition coefficient (Wildman–Crippen LogP) is 1.36. The summed E-state index contributed by atoms with van der Waals surface area (Å²) in [6.45, 7) is 8.22. The highest BCUT2D eigenvalue weighted by Gasteiger charge is 2.42. The lowest BCUT2D eigenvalue weighted by atomic mass is 9.84. The van der Waals surface area contributed by atoms with Crippen molar-refractivity contribution < 1.29 is 9.59 Å². The monoisotopic (exact) mass is 356 g/mol. The summed E-state index contributed by atoms with van der Waals surface area (Å²) in [4.78, 5) is 26.2. The van der Waals surface area contributed by atoms with E-state index in [0.29, 0.717) is 6.54 Å². The minimum Gasteiger partial charge on any atom is -0.345 e. The molecule has 1 fully saturated rings. The van der Waals surface area contributed by atoms with E-state index in [9.17, 15) is 9.59 Å². The summed E-state index contributed by atoms with van der Waals surface area (Å²) in [5.74, 6) is -0.169. The number of piperazine rings is 1. The third-order valence-corrected chi connectivity index (χ3v) is 4.73. The van der Waals surface area contributed by atoms with Gasteiger partial charge in [-0.15, -0.1) is 0 Å². The van der Waals surface area contributed by atoms with Crippen molar-refractivity contribution in [1.82, 2.24) is 20.0 Å². The van der Waals surface area contributed by atoms with Crippen LogP contribution >= 0.6 is 15.9 Å². The Bertz CT molecular complexity index is 589. The molecule has 7 heteroatoms. The van der Waals surface area contributed by atoms with Crippen molar-refractivity contribution in [3.63, 3.8) is 0 Å². The Morgan fingerprint density at radius 3 is 2.48 bits per heavy atom. The van der Waals surface area contributed by atoms with Crippen molar-refractivity contribution in [2.24, 2.45) is 12.5 Å². The third-order valence-electron chi connectivity index (χ3n) is 3.70. The van der Waals surface area contributed by atoms with Gasteiger partial charge in [-0.3, -0.25) is 14.3 Å². The van der Waals surface area contributed by atoms with E-state index >= 15 is 0 Å². The molecule has 116 valence electrons. The van der Waals surface area contributed by atoms with Gasteiger partial charge >= 0.3 is 0 Å². The molecule has 0 aliphatic carbocycles. The molecule has 6 nitrogen and oxygen atoms in total. The van der Waals surface area contributed by atoms with E-state index in [1.165, 1.54) is 0 Å². The van der Waals surface area contributed by atoms with E-state index in [2.05, 4.69) is 26.3 Å². The molecule has 2 rings (SSSR count). The molecule has 1 aliphatic rings. The molecule has 0 radical (unpaired) electrons. The maximum atomic E-state index is 12.3. The van der Waals surface area contributed by atoms with Gasteiger partial charge in [-0.2, -0.15) is 5.10 Å².